The van der Waals surface area contributed by atoms with Crippen molar-refractivity contribution in [2.75, 3.05) is 0 Å². The summed E-state index contributed by atoms with van der Waals surface area (Å²) in [6.07, 6.45) is 5.22. The molecule has 1 saturated heterocycles. The molecule has 3 aromatic carbocycles. The Morgan fingerprint density at radius 2 is 1.23 bits per heavy atom. The maximum atomic E-state index is 5.10. The van der Waals surface area contributed by atoms with E-state index >= 15 is 0 Å². The molecule has 4 nitrogen and oxygen atoms in total. The highest BCUT2D eigenvalue weighted by Crippen LogP contribution is 2.33. The first kappa shape index (κ1) is 18.3. The first-order chi connectivity index (χ1) is 12.9. The molecule has 1 aliphatic carbocycles. The quantitative estimate of drug-likeness (QED) is 0.404. The van der Waals surface area contributed by atoms with E-state index in [4.69, 9.17) is 16.5 Å². The highest BCUT2D eigenvalue weighted by Gasteiger charge is 2.13. The number of fused-ring (bicyclic) bond motifs is 5. The van der Waals surface area contributed by atoms with Crippen molar-refractivity contribution >= 4 is 61.6 Å². The molecule has 0 radical (unpaired) electrons. The molecule has 1 aliphatic heterocycles. The first-order valence-corrected chi connectivity index (χ1v) is 13.8. The summed E-state index contributed by atoms with van der Waals surface area (Å²) >= 11 is 0. The van der Waals surface area contributed by atoms with Gasteiger partial charge in [0.1, 0.15) is 0 Å². The van der Waals surface area contributed by atoms with Crippen LogP contribution in [0.3, 0.4) is 0 Å². The summed E-state index contributed by atoms with van der Waals surface area (Å²) in [6.45, 7) is 0. The van der Waals surface area contributed by atoms with Gasteiger partial charge in [-0.2, -0.15) is 0 Å². The minimum Gasteiger partial charge on any atom is -0.425 e. The second kappa shape index (κ2) is 9.20. The first-order valence-electron chi connectivity index (χ1n) is 9.17. The van der Waals surface area contributed by atoms with Gasteiger partial charge in [0.25, 0.3) is 40.0 Å². The smallest absolute Gasteiger partial charge is 0.286 e. The van der Waals surface area contributed by atoms with E-state index in [1.807, 2.05) is 0 Å². The Morgan fingerprint density at radius 3 is 2.00 bits per heavy atom. The van der Waals surface area contributed by atoms with E-state index < -0.39 is 40.0 Å². The molecular formula is C18H24O4Si4. The third-order valence-corrected chi connectivity index (χ3v) is 10.3. The van der Waals surface area contributed by atoms with Gasteiger partial charge in [0.15, 0.2) is 0 Å². The Balaban J connectivity index is 0.000000178. The maximum absolute atomic E-state index is 5.10. The van der Waals surface area contributed by atoms with Crippen LogP contribution in [0, 0.1) is 0 Å². The van der Waals surface area contributed by atoms with Crippen molar-refractivity contribution in [2.24, 2.45) is 0 Å². The molecule has 1 fully saturated rings. The molecule has 136 valence electrons. The summed E-state index contributed by atoms with van der Waals surface area (Å²) in [5.74, 6) is 0. The van der Waals surface area contributed by atoms with Gasteiger partial charge in [-0.1, -0.05) is 48.5 Å². The zero-order valence-electron chi connectivity index (χ0n) is 14.9. The SMILES string of the molecule is O1[SiH2]O[SiH2]O[SiH2]O[SiH2]1.c1ccc2c(c1)ccc1c3c(ccc12)CCCC3. The summed E-state index contributed by atoms with van der Waals surface area (Å²) < 4.78 is 20.4. The lowest BCUT2D eigenvalue weighted by molar-refractivity contribution is 0.347. The van der Waals surface area contributed by atoms with E-state index in [0.717, 1.165) is 0 Å². The zero-order valence-corrected chi connectivity index (χ0v) is 20.6. The molecule has 0 spiro atoms. The van der Waals surface area contributed by atoms with Crippen LogP contribution < -0.4 is 0 Å². The minimum atomic E-state index is -0.653. The van der Waals surface area contributed by atoms with Crippen molar-refractivity contribution in [1.82, 2.24) is 0 Å². The molecule has 0 N–H and O–H groups in total. The van der Waals surface area contributed by atoms with Gasteiger partial charge in [0.05, 0.1) is 0 Å². The standard InChI is InChI=1S/C18H16.H8O4Si4/c1-3-7-15-13(5-1)9-11-18-16-8-4-2-6-14(16)10-12-17(15)18;1-5-2-7-4-8-3-6-1/h1,3,5,7,9-12H,2,4,6,8H2;5-8H2. The predicted octanol–water partition coefficient (Wildman–Crippen LogP) is 0.933. The Bertz CT molecular complexity index is 866. The number of hydrogen-bond acceptors (Lipinski definition) is 4. The predicted molar refractivity (Wildman–Crippen MR) is 117 cm³/mol. The fourth-order valence-electron chi connectivity index (χ4n) is 3.71. The van der Waals surface area contributed by atoms with E-state index in [2.05, 4.69) is 48.5 Å². The minimum absolute atomic E-state index is 0.653. The normalized spacial score (nSPS) is 21.4. The van der Waals surface area contributed by atoms with Crippen LogP contribution >= 0.6 is 0 Å². The molecule has 1 heterocycles. The zero-order chi connectivity index (χ0) is 17.6. The number of hydrogen-bond donors (Lipinski definition) is 0. The summed E-state index contributed by atoms with van der Waals surface area (Å²) in [7, 11) is -2.61. The van der Waals surface area contributed by atoms with Crippen molar-refractivity contribution in [2.45, 2.75) is 25.7 Å². The second-order valence-corrected chi connectivity index (χ2v) is 14.1. The fraction of sp³-hybridized carbons (Fsp3) is 0.222. The van der Waals surface area contributed by atoms with Crippen LogP contribution in [0.5, 0.6) is 0 Å². The Hall–Kier alpha value is -1.11. The highest BCUT2D eigenvalue weighted by atomic mass is 28.4. The Kier molecular flexibility index (Phi) is 6.46. The third kappa shape index (κ3) is 4.23. The van der Waals surface area contributed by atoms with Gasteiger partial charge >= 0.3 is 0 Å². The Labute approximate surface area is 163 Å². The molecular weight excluding hydrogens is 393 g/mol. The molecule has 3 aromatic rings. The van der Waals surface area contributed by atoms with Gasteiger partial charge in [-0.25, -0.2) is 0 Å². The van der Waals surface area contributed by atoms with Crippen LogP contribution in [0.2, 0.25) is 0 Å². The molecule has 5 rings (SSSR count). The van der Waals surface area contributed by atoms with Crippen LogP contribution in [0.1, 0.15) is 24.0 Å². The van der Waals surface area contributed by atoms with Crippen molar-refractivity contribution < 1.29 is 16.5 Å². The van der Waals surface area contributed by atoms with Gasteiger partial charge in [0, 0.05) is 0 Å². The van der Waals surface area contributed by atoms with Crippen LogP contribution in [0.4, 0.5) is 0 Å². The van der Waals surface area contributed by atoms with Gasteiger partial charge in [-0.05, 0) is 58.4 Å². The molecule has 0 aromatic heterocycles. The van der Waals surface area contributed by atoms with Crippen molar-refractivity contribution in [3.63, 3.8) is 0 Å². The molecule has 0 saturated carbocycles. The van der Waals surface area contributed by atoms with Crippen LogP contribution in [-0.2, 0) is 29.3 Å². The van der Waals surface area contributed by atoms with Crippen molar-refractivity contribution in [3.05, 3.63) is 59.7 Å². The number of aryl methyl sites for hydroxylation is 2. The van der Waals surface area contributed by atoms with E-state index in [1.165, 1.54) is 47.2 Å². The summed E-state index contributed by atoms with van der Waals surface area (Å²) in [5.41, 5.74) is 3.17. The molecule has 2 aliphatic rings. The molecule has 0 atom stereocenters. The lowest BCUT2D eigenvalue weighted by atomic mass is 9.86. The van der Waals surface area contributed by atoms with E-state index in [-0.39, 0.29) is 0 Å². The molecule has 8 heteroatoms. The van der Waals surface area contributed by atoms with Crippen molar-refractivity contribution in [3.8, 4) is 0 Å². The Morgan fingerprint density at radius 1 is 0.577 bits per heavy atom. The number of rotatable bonds is 0. The average Bonchev–Trinajstić information content (AvgIpc) is 2.67. The summed E-state index contributed by atoms with van der Waals surface area (Å²) in [6, 6.07) is 18.0. The van der Waals surface area contributed by atoms with E-state index in [0.29, 0.717) is 0 Å². The van der Waals surface area contributed by atoms with Crippen molar-refractivity contribution in [1.29, 1.82) is 0 Å². The highest BCUT2D eigenvalue weighted by molar-refractivity contribution is 6.50. The lowest BCUT2D eigenvalue weighted by Crippen LogP contribution is -2.23. The van der Waals surface area contributed by atoms with E-state index in [1.54, 1.807) is 11.1 Å². The van der Waals surface area contributed by atoms with Gasteiger partial charge < -0.3 is 16.5 Å². The number of benzene rings is 3. The molecule has 26 heavy (non-hydrogen) atoms. The average molecular weight is 417 g/mol. The summed E-state index contributed by atoms with van der Waals surface area (Å²) in [5, 5.41) is 5.64. The van der Waals surface area contributed by atoms with Gasteiger partial charge in [0.2, 0.25) is 0 Å². The van der Waals surface area contributed by atoms with Crippen LogP contribution in [0.25, 0.3) is 21.5 Å². The topological polar surface area (TPSA) is 36.9 Å². The summed E-state index contributed by atoms with van der Waals surface area (Å²) in [4.78, 5) is 0. The molecule has 0 bridgehead atoms. The van der Waals surface area contributed by atoms with Crippen LogP contribution in [0.15, 0.2) is 48.5 Å². The fourth-order valence-corrected chi connectivity index (χ4v) is 10.9. The molecule has 0 amide bonds. The van der Waals surface area contributed by atoms with Gasteiger partial charge in [-0.3, -0.25) is 0 Å². The van der Waals surface area contributed by atoms with E-state index in [9.17, 15) is 0 Å². The lowest BCUT2D eigenvalue weighted by Gasteiger charge is -2.18. The van der Waals surface area contributed by atoms with Crippen LogP contribution in [-0.4, -0.2) is 40.0 Å². The second-order valence-electron chi connectivity index (χ2n) is 6.58. The largest absolute Gasteiger partial charge is 0.425 e. The monoisotopic (exact) mass is 416 g/mol. The van der Waals surface area contributed by atoms with Gasteiger partial charge in [-0.15, -0.1) is 0 Å². The molecule has 0 unspecified atom stereocenters. The maximum Gasteiger partial charge on any atom is 0.286 e. The third-order valence-electron chi connectivity index (χ3n) is 4.92.